The Morgan fingerprint density at radius 2 is 2.35 bits per heavy atom. The standard InChI is InChI=1S/C14H19N5O/c1-10-9-12-14(16-7-8-19(12)18-10)15-6-2-3-13(20)17-11-4-5-11/h7-9,11H,2-6H2,1H3,(H,15,16)(H,17,20). The predicted octanol–water partition coefficient (Wildman–Crippen LogP) is 1.51. The van der Waals surface area contributed by atoms with Gasteiger partial charge < -0.3 is 10.6 Å². The molecule has 0 bridgehead atoms. The van der Waals surface area contributed by atoms with Crippen LogP contribution in [0.25, 0.3) is 5.52 Å². The summed E-state index contributed by atoms with van der Waals surface area (Å²) in [5, 5.41) is 10.6. The number of carbonyl (C=O) groups is 1. The summed E-state index contributed by atoms with van der Waals surface area (Å²) in [4.78, 5) is 15.9. The topological polar surface area (TPSA) is 71.3 Å². The van der Waals surface area contributed by atoms with Gasteiger partial charge in [0.25, 0.3) is 0 Å². The highest BCUT2D eigenvalue weighted by molar-refractivity contribution is 5.76. The van der Waals surface area contributed by atoms with E-state index in [1.54, 1.807) is 6.20 Å². The molecule has 2 heterocycles. The fourth-order valence-electron chi connectivity index (χ4n) is 2.16. The molecule has 1 amide bonds. The molecule has 3 rings (SSSR count). The number of nitrogens with one attached hydrogen (secondary N) is 2. The quantitative estimate of drug-likeness (QED) is 0.783. The molecule has 0 spiro atoms. The van der Waals surface area contributed by atoms with Crippen molar-refractivity contribution in [2.45, 2.75) is 38.6 Å². The molecule has 2 aromatic rings. The second-order valence-electron chi connectivity index (χ2n) is 5.26. The normalized spacial score (nSPS) is 14.4. The molecule has 106 valence electrons. The Hall–Kier alpha value is -2.11. The molecule has 1 aliphatic carbocycles. The Morgan fingerprint density at radius 3 is 3.15 bits per heavy atom. The van der Waals surface area contributed by atoms with Crippen molar-refractivity contribution in [2.24, 2.45) is 0 Å². The molecule has 1 aliphatic rings. The summed E-state index contributed by atoms with van der Waals surface area (Å²) in [5.41, 5.74) is 1.93. The van der Waals surface area contributed by atoms with Crippen LogP contribution < -0.4 is 10.6 Å². The lowest BCUT2D eigenvalue weighted by Crippen LogP contribution is -2.25. The molecule has 20 heavy (non-hydrogen) atoms. The molecule has 0 aromatic carbocycles. The zero-order chi connectivity index (χ0) is 13.9. The zero-order valence-corrected chi connectivity index (χ0v) is 11.6. The maximum atomic E-state index is 11.6. The summed E-state index contributed by atoms with van der Waals surface area (Å²) < 4.78 is 1.81. The minimum absolute atomic E-state index is 0.153. The molecular weight excluding hydrogens is 254 g/mol. The van der Waals surface area contributed by atoms with Gasteiger partial charge in [0.1, 0.15) is 5.52 Å². The molecule has 6 nitrogen and oxygen atoms in total. The maximum absolute atomic E-state index is 11.6. The van der Waals surface area contributed by atoms with Gasteiger partial charge in [0, 0.05) is 31.4 Å². The van der Waals surface area contributed by atoms with Gasteiger partial charge in [0.2, 0.25) is 5.91 Å². The fourth-order valence-corrected chi connectivity index (χ4v) is 2.16. The molecular formula is C14H19N5O. The van der Waals surface area contributed by atoms with Gasteiger partial charge in [-0.3, -0.25) is 4.79 Å². The average molecular weight is 273 g/mol. The molecule has 1 fully saturated rings. The third-order valence-electron chi connectivity index (χ3n) is 3.33. The van der Waals surface area contributed by atoms with Gasteiger partial charge in [-0.2, -0.15) is 5.10 Å². The Bertz CT molecular complexity index is 617. The summed E-state index contributed by atoms with van der Waals surface area (Å²) in [6.07, 6.45) is 7.18. The first-order chi connectivity index (χ1) is 9.72. The number of aryl methyl sites for hydroxylation is 1. The lowest BCUT2D eigenvalue weighted by molar-refractivity contribution is -0.121. The first-order valence-corrected chi connectivity index (χ1v) is 7.06. The molecule has 0 saturated heterocycles. The number of amides is 1. The number of fused-ring (bicyclic) bond motifs is 1. The summed E-state index contributed by atoms with van der Waals surface area (Å²) in [6, 6.07) is 2.44. The van der Waals surface area contributed by atoms with Crippen LogP contribution >= 0.6 is 0 Å². The average Bonchev–Trinajstić information content (AvgIpc) is 3.13. The van der Waals surface area contributed by atoms with Crippen molar-refractivity contribution in [3.63, 3.8) is 0 Å². The molecule has 0 radical (unpaired) electrons. The second kappa shape index (κ2) is 5.48. The van der Waals surface area contributed by atoms with E-state index in [0.717, 1.165) is 42.8 Å². The van der Waals surface area contributed by atoms with E-state index in [-0.39, 0.29) is 5.91 Å². The van der Waals surface area contributed by atoms with Crippen LogP contribution in [0.3, 0.4) is 0 Å². The molecule has 1 saturated carbocycles. The van der Waals surface area contributed by atoms with Gasteiger partial charge in [0.15, 0.2) is 5.82 Å². The van der Waals surface area contributed by atoms with Crippen molar-refractivity contribution in [3.8, 4) is 0 Å². The predicted molar refractivity (Wildman–Crippen MR) is 76.6 cm³/mol. The molecule has 0 unspecified atom stereocenters. The van der Waals surface area contributed by atoms with Crippen LogP contribution in [0.15, 0.2) is 18.5 Å². The summed E-state index contributed by atoms with van der Waals surface area (Å²) in [7, 11) is 0. The van der Waals surface area contributed by atoms with E-state index in [9.17, 15) is 4.79 Å². The van der Waals surface area contributed by atoms with E-state index in [2.05, 4.69) is 20.7 Å². The van der Waals surface area contributed by atoms with Gasteiger partial charge in [-0.25, -0.2) is 9.50 Å². The molecule has 0 aliphatic heterocycles. The third-order valence-corrected chi connectivity index (χ3v) is 3.33. The number of rotatable bonds is 6. The number of anilines is 1. The molecule has 2 aromatic heterocycles. The Balaban J connectivity index is 1.50. The lowest BCUT2D eigenvalue weighted by atomic mass is 10.3. The molecule has 0 atom stereocenters. The van der Waals surface area contributed by atoms with E-state index < -0.39 is 0 Å². The fraction of sp³-hybridized carbons (Fsp3) is 0.500. The highest BCUT2D eigenvalue weighted by Gasteiger charge is 2.22. The van der Waals surface area contributed by atoms with Crippen LogP contribution in [0.4, 0.5) is 5.82 Å². The minimum atomic E-state index is 0.153. The van der Waals surface area contributed by atoms with E-state index in [1.807, 2.05) is 23.7 Å². The highest BCUT2D eigenvalue weighted by Crippen LogP contribution is 2.18. The van der Waals surface area contributed by atoms with E-state index in [1.165, 1.54) is 0 Å². The number of nitrogens with zero attached hydrogens (tertiary/aromatic N) is 3. The minimum Gasteiger partial charge on any atom is -0.368 e. The van der Waals surface area contributed by atoms with Crippen molar-refractivity contribution in [1.82, 2.24) is 19.9 Å². The summed E-state index contributed by atoms with van der Waals surface area (Å²) in [6.45, 7) is 2.69. The second-order valence-corrected chi connectivity index (χ2v) is 5.26. The smallest absolute Gasteiger partial charge is 0.220 e. The Kier molecular flexibility index (Phi) is 3.54. The molecule has 6 heteroatoms. The van der Waals surface area contributed by atoms with Crippen LogP contribution in [0.2, 0.25) is 0 Å². The van der Waals surface area contributed by atoms with Crippen LogP contribution in [0.1, 0.15) is 31.4 Å². The summed E-state index contributed by atoms with van der Waals surface area (Å²) >= 11 is 0. The third kappa shape index (κ3) is 3.07. The van der Waals surface area contributed by atoms with Crippen LogP contribution in [-0.2, 0) is 4.79 Å². The van der Waals surface area contributed by atoms with Crippen molar-refractivity contribution >= 4 is 17.2 Å². The largest absolute Gasteiger partial charge is 0.368 e. The van der Waals surface area contributed by atoms with Crippen molar-refractivity contribution in [3.05, 3.63) is 24.2 Å². The Labute approximate surface area is 117 Å². The van der Waals surface area contributed by atoms with Gasteiger partial charge >= 0.3 is 0 Å². The van der Waals surface area contributed by atoms with Crippen LogP contribution in [0.5, 0.6) is 0 Å². The van der Waals surface area contributed by atoms with Gasteiger partial charge in [-0.05, 0) is 32.3 Å². The van der Waals surface area contributed by atoms with E-state index >= 15 is 0 Å². The monoisotopic (exact) mass is 273 g/mol. The SMILES string of the molecule is Cc1cc2c(NCCCC(=O)NC3CC3)nccn2n1. The highest BCUT2D eigenvalue weighted by atomic mass is 16.1. The van der Waals surface area contributed by atoms with E-state index in [4.69, 9.17) is 0 Å². The van der Waals surface area contributed by atoms with Crippen LogP contribution in [0, 0.1) is 6.92 Å². The Morgan fingerprint density at radius 1 is 1.50 bits per heavy atom. The number of carbonyl (C=O) groups excluding carboxylic acids is 1. The molecule has 2 N–H and O–H groups in total. The zero-order valence-electron chi connectivity index (χ0n) is 11.6. The van der Waals surface area contributed by atoms with Crippen molar-refractivity contribution < 1.29 is 4.79 Å². The number of aromatic nitrogens is 3. The van der Waals surface area contributed by atoms with Gasteiger partial charge in [-0.1, -0.05) is 0 Å². The first kappa shape index (κ1) is 12.9. The summed E-state index contributed by atoms with van der Waals surface area (Å²) in [5.74, 6) is 0.969. The number of hydrogen-bond acceptors (Lipinski definition) is 4. The van der Waals surface area contributed by atoms with Gasteiger partial charge in [0.05, 0.1) is 5.69 Å². The van der Waals surface area contributed by atoms with Crippen molar-refractivity contribution in [2.75, 3.05) is 11.9 Å². The maximum Gasteiger partial charge on any atom is 0.220 e. The van der Waals surface area contributed by atoms with Crippen LogP contribution in [-0.4, -0.2) is 33.1 Å². The first-order valence-electron chi connectivity index (χ1n) is 7.06. The lowest BCUT2D eigenvalue weighted by Gasteiger charge is -2.07. The van der Waals surface area contributed by atoms with E-state index in [0.29, 0.717) is 12.5 Å². The number of hydrogen-bond donors (Lipinski definition) is 2. The van der Waals surface area contributed by atoms with Gasteiger partial charge in [-0.15, -0.1) is 0 Å². The van der Waals surface area contributed by atoms with Crippen molar-refractivity contribution in [1.29, 1.82) is 0 Å².